The van der Waals surface area contributed by atoms with E-state index in [1.54, 1.807) is 11.1 Å². The molecule has 0 amide bonds. The minimum absolute atomic E-state index is 0.0245. The van der Waals surface area contributed by atoms with Crippen LogP contribution in [0.4, 0.5) is 24.1 Å². The van der Waals surface area contributed by atoms with E-state index in [0.717, 1.165) is 29.9 Å². The Morgan fingerprint density at radius 3 is 2.74 bits per heavy atom. The van der Waals surface area contributed by atoms with E-state index in [0.29, 0.717) is 40.8 Å². The third-order valence-electron chi connectivity index (χ3n) is 6.76. The second kappa shape index (κ2) is 9.40. The van der Waals surface area contributed by atoms with Gasteiger partial charge in [-0.1, -0.05) is 0 Å². The summed E-state index contributed by atoms with van der Waals surface area (Å²) in [5.41, 5.74) is 14.5. The maximum atomic E-state index is 13.4. The lowest BCUT2D eigenvalue weighted by Gasteiger charge is -2.37. The SMILES string of the molecule is Nc1oc2cc(C3CCOCC3)cnc2c1C(=O)Cc1cnsc1N1C[C@@H](N)C[C@@H](C(F)(F)F)C1. The Morgan fingerprint density at radius 1 is 1.23 bits per heavy atom. The number of fused-ring (bicyclic) bond motifs is 1. The van der Waals surface area contributed by atoms with Crippen LogP contribution in [0.3, 0.4) is 0 Å². The number of hydrogen-bond acceptors (Lipinski definition) is 9. The van der Waals surface area contributed by atoms with E-state index < -0.39 is 18.1 Å². The summed E-state index contributed by atoms with van der Waals surface area (Å²) in [5.74, 6) is -1.58. The van der Waals surface area contributed by atoms with E-state index in [-0.39, 0.29) is 43.2 Å². The van der Waals surface area contributed by atoms with E-state index in [1.807, 2.05) is 6.07 Å². The number of anilines is 2. The van der Waals surface area contributed by atoms with Crippen LogP contribution >= 0.6 is 11.5 Å². The molecule has 4 N–H and O–H groups in total. The summed E-state index contributed by atoms with van der Waals surface area (Å²) in [6.45, 7) is 1.43. The fourth-order valence-electron chi connectivity index (χ4n) is 4.97. The molecule has 0 spiro atoms. The van der Waals surface area contributed by atoms with E-state index in [9.17, 15) is 18.0 Å². The highest BCUT2D eigenvalue weighted by Crippen LogP contribution is 2.38. The first-order chi connectivity index (χ1) is 16.7. The number of nitrogen functional groups attached to an aromatic ring is 1. The number of ketones is 1. The summed E-state index contributed by atoms with van der Waals surface area (Å²) < 4.78 is 55.4. The zero-order valence-electron chi connectivity index (χ0n) is 18.9. The van der Waals surface area contributed by atoms with Crippen molar-refractivity contribution < 1.29 is 27.1 Å². The van der Waals surface area contributed by atoms with Gasteiger partial charge < -0.3 is 25.5 Å². The molecule has 0 saturated carbocycles. The molecule has 0 bridgehead atoms. The van der Waals surface area contributed by atoms with Crippen LogP contribution in [0.25, 0.3) is 11.1 Å². The molecule has 0 aliphatic carbocycles. The van der Waals surface area contributed by atoms with Crippen LogP contribution in [0.15, 0.2) is 22.9 Å². The van der Waals surface area contributed by atoms with Gasteiger partial charge in [0, 0.05) is 56.7 Å². The normalized spacial score (nSPS) is 22.1. The van der Waals surface area contributed by atoms with Crippen molar-refractivity contribution in [2.45, 2.75) is 43.8 Å². The van der Waals surface area contributed by atoms with E-state index >= 15 is 0 Å². The van der Waals surface area contributed by atoms with Gasteiger partial charge in [-0.15, -0.1) is 0 Å². The van der Waals surface area contributed by atoms with Crippen molar-refractivity contribution in [2.24, 2.45) is 11.7 Å². The molecule has 2 fully saturated rings. The molecular weight excluding hydrogens is 483 g/mol. The Balaban J connectivity index is 1.38. The number of nitrogens with two attached hydrogens (primary N) is 2. The molecular formula is C23H26F3N5O3S. The molecule has 0 radical (unpaired) electrons. The molecule has 2 aliphatic rings. The van der Waals surface area contributed by atoms with Crippen LogP contribution in [0.5, 0.6) is 0 Å². The molecule has 0 aromatic carbocycles. The minimum atomic E-state index is -4.34. The van der Waals surface area contributed by atoms with Crippen molar-refractivity contribution in [3.8, 4) is 0 Å². The van der Waals surface area contributed by atoms with Crippen molar-refractivity contribution in [1.29, 1.82) is 0 Å². The molecule has 2 saturated heterocycles. The number of carbonyl (C=O) groups excluding carboxylic acids is 1. The average Bonchev–Trinajstić information content (AvgIpc) is 3.41. The van der Waals surface area contributed by atoms with Crippen LogP contribution in [0, 0.1) is 5.92 Å². The summed E-state index contributed by atoms with van der Waals surface area (Å²) in [7, 11) is 0. The molecule has 188 valence electrons. The van der Waals surface area contributed by atoms with Gasteiger partial charge in [-0.25, -0.2) is 0 Å². The average molecular weight is 510 g/mol. The Labute approximate surface area is 203 Å². The quantitative estimate of drug-likeness (QED) is 0.497. The second-order valence-electron chi connectivity index (χ2n) is 9.24. The van der Waals surface area contributed by atoms with Crippen molar-refractivity contribution in [2.75, 3.05) is 36.9 Å². The van der Waals surface area contributed by atoms with Crippen LogP contribution in [-0.4, -0.2) is 53.7 Å². The number of furan rings is 1. The lowest BCUT2D eigenvalue weighted by Crippen LogP contribution is -2.51. The molecule has 35 heavy (non-hydrogen) atoms. The predicted molar refractivity (Wildman–Crippen MR) is 126 cm³/mol. The van der Waals surface area contributed by atoms with Crippen LogP contribution in [0.2, 0.25) is 0 Å². The summed E-state index contributed by atoms with van der Waals surface area (Å²) in [5, 5.41) is 0.517. The number of hydrogen-bond donors (Lipinski definition) is 2. The monoisotopic (exact) mass is 509 g/mol. The third-order valence-corrected chi connectivity index (χ3v) is 7.66. The van der Waals surface area contributed by atoms with Gasteiger partial charge in [-0.3, -0.25) is 9.78 Å². The predicted octanol–water partition coefficient (Wildman–Crippen LogP) is 3.90. The second-order valence-corrected chi connectivity index (χ2v) is 10.0. The third kappa shape index (κ3) is 4.87. The van der Waals surface area contributed by atoms with Gasteiger partial charge in [0.05, 0.1) is 5.92 Å². The fraction of sp³-hybridized carbons (Fsp3) is 0.522. The molecule has 0 unspecified atom stereocenters. The van der Waals surface area contributed by atoms with Gasteiger partial charge >= 0.3 is 6.18 Å². The molecule has 5 rings (SSSR count). The maximum Gasteiger partial charge on any atom is 0.393 e. The summed E-state index contributed by atoms with van der Waals surface area (Å²) in [4.78, 5) is 19.3. The smallest absolute Gasteiger partial charge is 0.393 e. The van der Waals surface area contributed by atoms with Crippen molar-refractivity contribution >= 4 is 39.3 Å². The van der Waals surface area contributed by atoms with E-state index in [2.05, 4.69) is 9.36 Å². The van der Waals surface area contributed by atoms with Crippen molar-refractivity contribution in [1.82, 2.24) is 9.36 Å². The first-order valence-corrected chi connectivity index (χ1v) is 12.3. The summed E-state index contributed by atoms with van der Waals surface area (Å²) in [6, 6.07) is 1.25. The highest BCUT2D eigenvalue weighted by atomic mass is 32.1. The van der Waals surface area contributed by atoms with E-state index in [4.69, 9.17) is 20.6 Å². The van der Waals surface area contributed by atoms with Gasteiger partial charge in [-0.2, -0.15) is 17.5 Å². The topological polar surface area (TPSA) is 120 Å². The molecule has 3 aromatic heterocycles. The summed E-state index contributed by atoms with van der Waals surface area (Å²) >= 11 is 1.06. The number of halogens is 3. The van der Waals surface area contributed by atoms with Gasteiger partial charge in [0.25, 0.3) is 0 Å². The lowest BCUT2D eigenvalue weighted by atomic mass is 9.92. The zero-order chi connectivity index (χ0) is 24.7. The van der Waals surface area contributed by atoms with Crippen LogP contribution in [-0.2, 0) is 11.2 Å². The standard InChI is InChI=1S/C23H26F3N5O3S/c24-23(25,26)15-7-16(27)11-31(10-15)22-14(9-30-35-22)5-17(32)19-20-18(34-21(19)28)6-13(8-29-20)12-1-3-33-4-2-12/h6,8-9,12,15-16H,1-5,7,10-11,27-28H2/t15-,16+/m1/s1. The van der Waals surface area contributed by atoms with Gasteiger partial charge in [0.1, 0.15) is 16.1 Å². The molecule has 3 aromatic rings. The number of rotatable bonds is 5. The first-order valence-electron chi connectivity index (χ1n) is 11.5. The molecule has 2 aliphatic heterocycles. The highest BCUT2D eigenvalue weighted by Gasteiger charge is 2.44. The number of pyridine rings is 1. The van der Waals surface area contributed by atoms with Crippen LogP contribution < -0.4 is 16.4 Å². The molecule has 5 heterocycles. The zero-order valence-corrected chi connectivity index (χ0v) is 19.7. The van der Waals surface area contributed by atoms with Crippen LogP contribution in [0.1, 0.15) is 46.7 Å². The van der Waals surface area contributed by atoms with Gasteiger partial charge in [0.15, 0.2) is 11.4 Å². The number of carbonyl (C=O) groups is 1. The first kappa shape index (κ1) is 24.0. The molecule has 12 heteroatoms. The van der Waals surface area contributed by atoms with Crippen molar-refractivity contribution in [3.05, 3.63) is 35.2 Å². The molecule has 2 atom stereocenters. The summed E-state index contributed by atoms with van der Waals surface area (Å²) in [6.07, 6.45) is 0.486. The van der Waals surface area contributed by atoms with Gasteiger partial charge in [-0.05, 0) is 48.3 Å². The fourth-order valence-corrected chi connectivity index (χ4v) is 5.76. The minimum Gasteiger partial charge on any atom is -0.438 e. The number of nitrogens with zero attached hydrogens (tertiary/aromatic N) is 3. The Bertz CT molecular complexity index is 1220. The Hall–Kier alpha value is -2.70. The number of Topliss-reactive ketones (excluding diaryl/α,β-unsaturated/α-hetero) is 1. The largest absolute Gasteiger partial charge is 0.438 e. The number of aromatic nitrogens is 2. The Morgan fingerprint density at radius 2 is 2.00 bits per heavy atom. The highest BCUT2D eigenvalue weighted by molar-refractivity contribution is 7.10. The number of ether oxygens (including phenoxy) is 1. The molecule has 8 nitrogen and oxygen atoms in total. The number of piperidine rings is 1. The number of alkyl halides is 3. The van der Waals surface area contributed by atoms with E-state index in [1.165, 1.54) is 6.20 Å². The lowest BCUT2D eigenvalue weighted by molar-refractivity contribution is -0.177. The Kier molecular flexibility index (Phi) is 6.45. The van der Waals surface area contributed by atoms with Crippen molar-refractivity contribution in [3.63, 3.8) is 0 Å². The van der Waals surface area contributed by atoms with Gasteiger partial charge in [0.2, 0.25) is 5.88 Å². The maximum absolute atomic E-state index is 13.4.